The van der Waals surface area contributed by atoms with Crippen molar-refractivity contribution in [2.45, 2.75) is 84.3 Å². The fourth-order valence-electron chi connectivity index (χ4n) is 8.23. The van der Waals surface area contributed by atoms with Gasteiger partial charge in [0.15, 0.2) is 5.79 Å². The number of ether oxygens (including phenoxy) is 1. The minimum absolute atomic E-state index is 0.0951. The van der Waals surface area contributed by atoms with Gasteiger partial charge in [-0.25, -0.2) is 0 Å². The van der Waals surface area contributed by atoms with Gasteiger partial charge in [0.2, 0.25) is 0 Å². The van der Waals surface area contributed by atoms with E-state index < -0.39 is 5.79 Å². The predicted molar refractivity (Wildman–Crippen MR) is 112 cm³/mol. The summed E-state index contributed by atoms with van der Waals surface area (Å²) in [6.07, 6.45) is 13.2. The summed E-state index contributed by atoms with van der Waals surface area (Å²) < 4.78 is 5.44. The standard InChI is InChI=1S/C25H38O3/c1-6-11-24(17(2)26)13-10-21-19-8-7-18-16-25(27,28-5)15-14-22(18,3)20(19)9-12-23(21,24)4/h6-7,19-21,27H,1,8-16H2,2-5H3/t19-,20+,21+,22+,23+,24-,25+/m1/s1. The van der Waals surface area contributed by atoms with Crippen LogP contribution in [0.5, 0.6) is 0 Å². The van der Waals surface area contributed by atoms with E-state index in [0.717, 1.165) is 38.5 Å². The lowest BCUT2D eigenvalue weighted by Crippen LogP contribution is -2.55. The summed E-state index contributed by atoms with van der Waals surface area (Å²) in [5.41, 5.74) is 1.47. The van der Waals surface area contributed by atoms with Gasteiger partial charge in [0, 0.05) is 25.4 Å². The van der Waals surface area contributed by atoms with Crippen LogP contribution in [0.25, 0.3) is 0 Å². The third-order valence-corrected chi connectivity index (χ3v) is 10.0. The molecule has 3 saturated carbocycles. The number of carbonyl (C=O) groups is 1. The first-order valence-electron chi connectivity index (χ1n) is 11.2. The number of aliphatic hydroxyl groups is 1. The van der Waals surface area contributed by atoms with Crippen LogP contribution in [0.3, 0.4) is 0 Å². The summed E-state index contributed by atoms with van der Waals surface area (Å²) >= 11 is 0. The Hall–Kier alpha value is -0.930. The van der Waals surface area contributed by atoms with Crippen molar-refractivity contribution in [2.75, 3.05) is 7.11 Å². The van der Waals surface area contributed by atoms with Gasteiger partial charge < -0.3 is 9.84 Å². The summed E-state index contributed by atoms with van der Waals surface area (Å²) in [7, 11) is 1.63. The summed E-state index contributed by atoms with van der Waals surface area (Å²) in [5.74, 6) is 1.33. The second-order valence-corrected chi connectivity index (χ2v) is 10.7. The van der Waals surface area contributed by atoms with E-state index in [2.05, 4.69) is 26.5 Å². The van der Waals surface area contributed by atoms with Gasteiger partial charge in [0.1, 0.15) is 5.78 Å². The van der Waals surface area contributed by atoms with Crippen LogP contribution < -0.4 is 0 Å². The number of hydrogen-bond acceptors (Lipinski definition) is 3. The maximum atomic E-state index is 12.9. The molecule has 3 fully saturated rings. The molecule has 7 atom stereocenters. The smallest absolute Gasteiger partial charge is 0.168 e. The van der Waals surface area contributed by atoms with Crippen LogP contribution in [0.1, 0.15) is 78.6 Å². The van der Waals surface area contributed by atoms with E-state index in [9.17, 15) is 9.90 Å². The van der Waals surface area contributed by atoms with Crippen molar-refractivity contribution in [3.8, 4) is 0 Å². The number of rotatable bonds is 4. The monoisotopic (exact) mass is 386 g/mol. The molecule has 4 rings (SSSR count). The van der Waals surface area contributed by atoms with E-state index in [1.165, 1.54) is 18.4 Å². The lowest BCUT2D eigenvalue weighted by atomic mass is 9.45. The highest BCUT2D eigenvalue weighted by Crippen LogP contribution is 2.70. The highest BCUT2D eigenvalue weighted by molar-refractivity contribution is 5.84. The molecule has 1 N–H and O–H groups in total. The molecule has 0 radical (unpaired) electrons. The first-order chi connectivity index (χ1) is 13.2. The molecule has 3 nitrogen and oxygen atoms in total. The largest absolute Gasteiger partial charge is 0.365 e. The van der Waals surface area contributed by atoms with Gasteiger partial charge in [-0.3, -0.25) is 4.79 Å². The first-order valence-corrected chi connectivity index (χ1v) is 11.2. The molecule has 0 spiro atoms. The molecule has 0 aromatic carbocycles. The zero-order valence-electron chi connectivity index (χ0n) is 18.2. The average Bonchev–Trinajstić information content (AvgIpc) is 2.96. The first kappa shape index (κ1) is 20.3. The molecule has 0 aromatic rings. The van der Waals surface area contributed by atoms with Crippen LogP contribution in [-0.2, 0) is 9.53 Å². The highest BCUT2D eigenvalue weighted by atomic mass is 16.6. The number of methoxy groups -OCH3 is 1. The van der Waals surface area contributed by atoms with Crippen molar-refractivity contribution in [3.05, 3.63) is 24.3 Å². The van der Waals surface area contributed by atoms with Gasteiger partial charge >= 0.3 is 0 Å². The van der Waals surface area contributed by atoms with Crippen LogP contribution in [0, 0.1) is 34.0 Å². The zero-order chi connectivity index (χ0) is 20.4. The second-order valence-electron chi connectivity index (χ2n) is 10.7. The second kappa shape index (κ2) is 6.54. The van der Waals surface area contributed by atoms with Crippen LogP contribution in [0.4, 0.5) is 0 Å². The predicted octanol–water partition coefficient (Wildman–Crippen LogP) is 5.44. The van der Waals surface area contributed by atoms with Gasteiger partial charge in [-0.2, -0.15) is 0 Å². The molecule has 0 aromatic heterocycles. The van der Waals surface area contributed by atoms with Gasteiger partial charge in [-0.15, -0.1) is 6.58 Å². The van der Waals surface area contributed by atoms with Gasteiger partial charge in [-0.05, 0) is 80.5 Å². The van der Waals surface area contributed by atoms with Crippen molar-refractivity contribution in [3.63, 3.8) is 0 Å². The third kappa shape index (κ3) is 2.51. The minimum atomic E-state index is -0.984. The maximum absolute atomic E-state index is 12.9. The Morgan fingerprint density at radius 3 is 2.61 bits per heavy atom. The zero-order valence-corrected chi connectivity index (χ0v) is 18.2. The topological polar surface area (TPSA) is 46.5 Å². The maximum Gasteiger partial charge on any atom is 0.168 e. The molecule has 3 heteroatoms. The van der Waals surface area contributed by atoms with Crippen LogP contribution in [-0.4, -0.2) is 23.8 Å². The van der Waals surface area contributed by atoms with Crippen LogP contribution in [0.15, 0.2) is 24.3 Å². The number of carbonyl (C=O) groups excluding carboxylic acids is 1. The molecule has 0 amide bonds. The molecule has 28 heavy (non-hydrogen) atoms. The Morgan fingerprint density at radius 1 is 1.25 bits per heavy atom. The lowest BCUT2D eigenvalue weighted by molar-refractivity contribution is -0.209. The molecule has 4 aliphatic carbocycles. The van der Waals surface area contributed by atoms with Crippen LogP contribution in [0.2, 0.25) is 0 Å². The van der Waals surface area contributed by atoms with E-state index in [-0.39, 0.29) is 16.2 Å². The fraction of sp³-hybridized carbons (Fsp3) is 0.800. The number of hydrogen-bond donors (Lipinski definition) is 1. The Kier molecular flexibility index (Phi) is 4.75. The van der Waals surface area contributed by atoms with E-state index in [0.29, 0.717) is 30.0 Å². The molecule has 4 aliphatic rings. The normalized spacial score (nSPS) is 50.2. The number of allylic oxidation sites excluding steroid dienone is 2. The molecule has 0 saturated heterocycles. The Morgan fingerprint density at radius 2 is 1.96 bits per heavy atom. The molecular formula is C25H38O3. The van der Waals surface area contributed by atoms with Crippen molar-refractivity contribution in [1.29, 1.82) is 0 Å². The molecule has 0 unspecified atom stereocenters. The molecular weight excluding hydrogens is 348 g/mol. The molecule has 0 bridgehead atoms. The Labute approximate surface area is 170 Å². The van der Waals surface area contributed by atoms with E-state index in [4.69, 9.17) is 4.74 Å². The summed E-state index contributed by atoms with van der Waals surface area (Å²) in [5, 5.41) is 10.7. The van der Waals surface area contributed by atoms with E-state index in [1.54, 1.807) is 7.11 Å². The SMILES string of the molecule is C=CC[C@]1(C(C)=O)CC[C@H]2[C@@H]3CC=C4C[C@@](O)(OC)CC[C@]4(C)[C@H]3CC[C@@]21C. The third-order valence-electron chi connectivity index (χ3n) is 10.0. The average molecular weight is 387 g/mol. The van der Waals surface area contributed by atoms with Gasteiger partial charge in [0.05, 0.1) is 0 Å². The van der Waals surface area contributed by atoms with Gasteiger partial charge in [-0.1, -0.05) is 31.6 Å². The summed E-state index contributed by atoms with van der Waals surface area (Å²) in [4.78, 5) is 12.9. The van der Waals surface area contributed by atoms with Crippen molar-refractivity contribution in [1.82, 2.24) is 0 Å². The van der Waals surface area contributed by atoms with Crippen LogP contribution >= 0.6 is 0 Å². The molecule has 156 valence electrons. The van der Waals surface area contributed by atoms with E-state index in [1.807, 2.05) is 13.0 Å². The van der Waals surface area contributed by atoms with Crippen molar-refractivity contribution < 1.29 is 14.6 Å². The number of Topliss-reactive ketones (excluding diaryl/α,β-unsaturated/α-hetero) is 1. The molecule has 0 aliphatic heterocycles. The molecule has 0 heterocycles. The van der Waals surface area contributed by atoms with Crippen molar-refractivity contribution >= 4 is 5.78 Å². The highest BCUT2D eigenvalue weighted by Gasteiger charge is 2.65. The number of fused-ring (bicyclic) bond motifs is 5. The fourth-order valence-corrected chi connectivity index (χ4v) is 8.23. The summed E-state index contributed by atoms with van der Waals surface area (Å²) in [6.45, 7) is 10.7. The summed E-state index contributed by atoms with van der Waals surface area (Å²) in [6, 6.07) is 0. The lowest BCUT2D eigenvalue weighted by Gasteiger charge is -2.60. The quantitative estimate of drug-likeness (QED) is 0.517. The minimum Gasteiger partial charge on any atom is -0.365 e. The van der Waals surface area contributed by atoms with Crippen molar-refractivity contribution in [2.24, 2.45) is 34.0 Å². The number of ketones is 1. The Balaban J connectivity index is 1.68. The van der Waals surface area contributed by atoms with Gasteiger partial charge in [0.25, 0.3) is 0 Å². The Bertz CT molecular complexity index is 711. The van der Waals surface area contributed by atoms with E-state index >= 15 is 0 Å².